The molecule has 0 spiro atoms. The Hall–Kier alpha value is -3.41. The van der Waals surface area contributed by atoms with Crippen LogP contribution in [0.3, 0.4) is 0 Å². The predicted molar refractivity (Wildman–Crippen MR) is 112 cm³/mol. The van der Waals surface area contributed by atoms with Crippen molar-refractivity contribution >= 4 is 28.0 Å². The van der Waals surface area contributed by atoms with E-state index in [2.05, 4.69) is 0 Å². The third kappa shape index (κ3) is 3.01. The Balaban J connectivity index is 2.12. The standard InChI is InChI=1S/C23H22O6/c1-11(2)5-6-13-15(24)10-16(25)17-18(26)14-9-12-7-8-23(3,4)29-20(12)19(27)22(14)28-21(13)17/h5,7-10,24-25,27H,6H2,1-4H3. The highest BCUT2D eigenvalue weighted by Crippen LogP contribution is 2.44. The highest BCUT2D eigenvalue weighted by Gasteiger charge is 2.28. The van der Waals surface area contributed by atoms with E-state index >= 15 is 0 Å². The number of phenolic OH excluding ortho intramolecular Hbond substituents is 3. The first-order valence-corrected chi connectivity index (χ1v) is 9.31. The highest BCUT2D eigenvalue weighted by molar-refractivity contribution is 5.99. The monoisotopic (exact) mass is 394 g/mol. The Morgan fingerprint density at radius 3 is 2.52 bits per heavy atom. The molecule has 6 heteroatoms. The molecule has 3 N–H and O–H groups in total. The van der Waals surface area contributed by atoms with Gasteiger partial charge in [0.15, 0.2) is 11.3 Å². The van der Waals surface area contributed by atoms with Crippen molar-refractivity contribution in [3.05, 3.63) is 51.2 Å². The second kappa shape index (κ2) is 6.30. The summed E-state index contributed by atoms with van der Waals surface area (Å²) in [4.78, 5) is 13.2. The summed E-state index contributed by atoms with van der Waals surface area (Å²) in [5.74, 6) is -0.625. The molecule has 1 aromatic heterocycles. The zero-order valence-electron chi connectivity index (χ0n) is 16.7. The summed E-state index contributed by atoms with van der Waals surface area (Å²) in [6, 6.07) is 2.71. The molecule has 0 radical (unpaired) electrons. The number of benzene rings is 2. The van der Waals surface area contributed by atoms with Crippen LogP contribution in [-0.4, -0.2) is 20.9 Å². The smallest absolute Gasteiger partial charge is 0.204 e. The number of rotatable bonds is 2. The maximum atomic E-state index is 13.2. The molecule has 3 aromatic rings. The van der Waals surface area contributed by atoms with E-state index in [0.717, 1.165) is 11.6 Å². The quantitative estimate of drug-likeness (QED) is 0.428. The van der Waals surface area contributed by atoms with Crippen LogP contribution in [0.4, 0.5) is 0 Å². The first-order valence-electron chi connectivity index (χ1n) is 9.31. The van der Waals surface area contributed by atoms with Crippen molar-refractivity contribution < 1.29 is 24.5 Å². The first kappa shape index (κ1) is 18.9. The van der Waals surface area contributed by atoms with Gasteiger partial charge in [0.05, 0.1) is 5.39 Å². The van der Waals surface area contributed by atoms with Gasteiger partial charge in [-0.25, -0.2) is 0 Å². The number of hydrogen-bond acceptors (Lipinski definition) is 6. The van der Waals surface area contributed by atoms with Gasteiger partial charge in [0.25, 0.3) is 0 Å². The molecule has 150 valence electrons. The van der Waals surface area contributed by atoms with E-state index in [4.69, 9.17) is 9.15 Å². The minimum absolute atomic E-state index is 0.0344. The average Bonchev–Trinajstić information content (AvgIpc) is 2.62. The summed E-state index contributed by atoms with van der Waals surface area (Å²) in [5, 5.41) is 31.6. The van der Waals surface area contributed by atoms with Crippen molar-refractivity contribution in [1.82, 2.24) is 0 Å². The average molecular weight is 394 g/mol. The van der Waals surface area contributed by atoms with E-state index in [-0.39, 0.29) is 44.9 Å². The molecule has 1 aliphatic rings. The lowest BCUT2D eigenvalue weighted by Crippen LogP contribution is -2.27. The molecule has 2 aromatic carbocycles. The summed E-state index contributed by atoms with van der Waals surface area (Å²) in [5.41, 5.74) is 0.802. The van der Waals surface area contributed by atoms with Crippen LogP contribution in [0.1, 0.15) is 38.8 Å². The molecule has 0 fully saturated rings. The molecule has 0 bridgehead atoms. The SMILES string of the molecule is CC(C)=CCc1c(O)cc(O)c2c(=O)c3cc4c(c(O)c3oc12)OC(C)(C)C=C4. The molecule has 6 nitrogen and oxygen atoms in total. The van der Waals surface area contributed by atoms with E-state index in [1.54, 1.807) is 12.1 Å². The van der Waals surface area contributed by atoms with Crippen LogP contribution in [0, 0.1) is 0 Å². The first-order chi connectivity index (χ1) is 13.6. The Bertz CT molecular complexity index is 1290. The third-order valence-corrected chi connectivity index (χ3v) is 5.00. The molecule has 1 aliphatic heterocycles. The summed E-state index contributed by atoms with van der Waals surface area (Å²) >= 11 is 0. The second-order valence-corrected chi connectivity index (χ2v) is 8.07. The van der Waals surface area contributed by atoms with E-state index in [1.165, 1.54) is 0 Å². The molecule has 2 heterocycles. The van der Waals surface area contributed by atoms with Gasteiger partial charge in [-0.15, -0.1) is 0 Å². The van der Waals surface area contributed by atoms with E-state index in [0.29, 0.717) is 17.5 Å². The second-order valence-electron chi connectivity index (χ2n) is 8.07. The van der Waals surface area contributed by atoms with Gasteiger partial charge < -0.3 is 24.5 Å². The van der Waals surface area contributed by atoms with Gasteiger partial charge >= 0.3 is 0 Å². The maximum Gasteiger partial charge on any atom is 0.204 e. The number of phenols is 3. The number of allylic oxidation sites excluding steroid dienone is 2. The Morgan fingerprint density at radius 2 is 1.83 bits per heavy atom. The molecule has 0 unspecified atom stereocenters. The summed E-state index contributed by atoms with van der Waals surface area (Å²) in [6.45, 7) is 7.52. The van der Waals surface area contributed by atoms with Gasteiger partial charge in [-0.3, -0.25) is 4.79 Å². The molecule has 0 saturated carbocycles. The molecule has 0 atom stereocenters. The molecule has 4 rings (SSSR count). The van der Waals surface area contributed by atoms with Gasteiger partial charge in [0, 0.05) is 17.2 Å². The third-order valence-electron chi connectivity index (χ3n) is 5.00. The van der Waals surface area contributed by atoms with E-state index in [9.17, 15) is 20.1 Å². The van der Waals surface area contributed by atoms with Crippen LogP contribution in [0.15, 0.2) is 39.1 Å². The molecule has 29 heavy (non-hydrogen) atoms. The van der Waals surface area contributed by atoms with Gasteiger partial charge in [-0.1, -0.05) is 17.7 Å². The topological polar surface area (TPSA) is 100 Å². The summed E-state index contributed by atoms with van der Waals surface area (Å²) < 4.78 is 11.8. The van der Waals surface area contributed by atoms with Gasteiger partial charge in [-0.05, 0) is 46.3 Å². The molecule has 0 amide bonds. The normalized spacial score (nSPS) is 14.6. The fourth-order valence-corrected chi connectivity index (χ4v) is 3.49. The minimum atomic E-state index is -0.625. The highest BCUT2D eigenvalue weighted by atomic mass is 16.5. The fraction of sp³-hybridized carbons (Fsp3) is 0.261. The Morgan fingerprint density at radius 1 is 1.10 bits per heavy atom. The largest absolute Gasteiger partial charge is 0.507 e. The molecular weight excluding hydrogens is 372 g/mol. The zero-order chi connectivity index (χ0) is 21.1. The fourth-order valence-electron chi connectivity index (χ4n) is 3.49. The van der Waals surface area contributed by atoms with Crippen molar-refractivity contribution in [3.63, 3.8) is 0 Å². The van der Waals surface area contributed by atoms with Crippen LogP contribution < -0.4 is 10.2 Å². The van der Waals surface area contributed by atoms with Crippen LogP contribution >= 0.6 is 0 Å². The molecule has 0 aliphatic carbocycles. The zero-order valence-corrected chi connectivity index (χ0v) is 16.7. The maximum absolute atomic E-state index is 13.2. The van der Waals surface area contributed by atoms with Crippen molar-refractivity contribution in [1.29, 1.82) is 0 Å². The Labute approximate surface area is 167 Å². The number of fused-ring (bicyclic) bond motifs is 3. The predicted octanol–water partition coefficient (Wildman–Crippen LogP) is 4.76. The number of aromatic hydroxyl groups is 3. The van der Waals surface area contributed by atoms with Crippen LogP contribution in [0.2, 0.25) is 0 Å². The van der Waals surface area contributed by atoms with Gasteiger partial charge in [0.2, 0.25) is 11.2 Å². The van der Waals surface area contributed by atoms with E-state index in [1.807, 2.05) is 39.8 Å². The van der Waals surface area contributed by atoms with Crippen molar-refractivity contribution in [2.75, 3.05) is 0 Å². The van der Waals surface area contributed by atoms with Crippen molar-refractivity contribution in [2.24, 2.45) is 0 Å². The lowest BCUT2D eigenvalue weighted by Gasteiger charge is -2.28. The van der Waals surface area contributed by atoms with E-state index < -0.39 is 11.0 Å². The van der Waals surface area contributed by atoms with Crippen LogP contribution in [0.5, 0.6) is 23.0 Å². The minimum Gasteiger partial charge on any atom is -0.507 e. The molecular formula is C23H22O6. The Kier molecular flexibility index (Phi) is 4.12. The number of ether oxygens (including phenoxy) is 1. The molecule has 0 saturated heterocycles. The van der Waals surface area contributed by atoms with Crippen molar-refractivity contribution in [3.8, 4) is 23.0 Å². The summed E-state index contributed by atoms with van der Waals surface area (Å²) in [6.07, 6.45) is 5.78. The number of hydrogen-bond donors (Lipinski definition) is 3. The lowest BCUT2D eigenvalue weighted by atomic mass is 9.98. The van der Waals surface area contributed by atoms with Gasteiger partial charge in [0.1, 0.15) is 28.1 Å². The van der Waals surface area contributed by atoms with Crippen LogP contribution in [0.25, 0.3) is 28.0 Å². The lowest BCUT2D eigenvalue weighted by molar-refractivity contribution is 0.153. The van der Waals surface area contributed by atoms with Crippen LogP contribution in [-0.2, 0) is 6.42 Å². The van der Waals surface area contributed by atoms with Gasteiger partial charge in [-0.2, -0.15) is 0 Å². The summed E-state index contributed by atoms with van der Waals surface area (Å²) in [7, 11) is 0. The van der Waals surface area contributed by atoms with Crippen molar-refractivity contribution in [2.45, 2.75) is 39.7 Å².